The molecule has 2 N–H and O–H groups in total. The molecule has 0 radical (unpaired) electrons. The number of hydrogen-bond donors (Lipinski definition) is 2. The standard InChI is InChI=1S/C31H35FN4O4/c1-31(30(38)39-19-23-6-4-3-5-7-23)20-40-29-26(35-31)17-24(16-21-8-10-25(32)11-9-21)27(34-29)28(37)33-18-22-12-14-36(2)15-13-22/h3-11,17,22,35H,12-16,18-20H2,1-2H3,(H,33,37)/t31-/m0/s1. The summed E-state index contributed by atoms with van der Waals surface area (Å²) in [6.45, 7) is 4.46. The maximum Gasteiger partial charge on any atom is 0.335 e. The van der Waals surface area contributed by atoms with Crippen LogP contribution >= 0.6 is 0 Å². The number of likely N-dealkylation sites (tertiary alicyclic amines) is 1. The zero-order chi connectivity index (χ0) is 28.1. The molecule has 0 bridgehead atoms. The van der Waals surface area contributed by atoms with Gasteiger partial charge in [-0.05, 0) is 87.1 Å². The largest absolute Gasteiger partial charge is 0.473 e. The van der Waals surface area contributed by atoms with E-state index < -0.39 is 11.5 Å². The number of anilines is 1. The Morgan fingerprint density at radius 3 is 2.58 bits per heavy atom. The number of nitrogens with zero attached hydrogens (tertiary/aromatic N) is 2. The summed E-state index contributed by atoms with van der Waals surface area (Å²) in [5, 5.41) is 6.30. The first-order valence-corrected chi connectivity index (χ1v) is 13.7. The van der Waals surface area contributed by atoms with E-state index in [0.717, 1.165) is 37.1 Å². The highest BCUT2D eigenvalue weighted by Gasteiger charge is 2.41. The second-order valence-electron chi connectivity index (χ2n) is 10.9. The van der Waals surface area contributed by atoms with E-state index in [4.69, 9.17) is 9.47 Å². The van der Waals surface area contributed by atoms with Gasteiger partial charge >= 0.3 is 5.97 Å². The van der Waals surface area contributed by atoms with Crippen molar-refractivity contribution in [3.05, 3.63) is 88.9 Å². The molecule has 2 aliphatic rings. The molecule has 0 spiro atoms. The predicted molar refractivity (Wildman–Crippen MR) is 150 cm³/mol. The van der Waals surface area contributed by atoms with Crippen LogP contribution in [-0.4, -0.2) is 60.6 Å². The molecule has 1 fully saturated rings. The Morgan fingerprint density at radius 2 is 1.85 bits per heavy atom. The van der Waals surface area contributed by atoms with Gasteiger partial charge in [-0.15, -0.1) is 0 Å². The monoisotopic (exact) mass is 546 g/mol. The van der Waals surface area contributed by atoms with E-state index in [1.54, 1.807) is 25.1 Å². The lowest BCUT2D eigenvalue weighted by Crippen LogP contribution is -2.52. The van der Waals surface area contributed by atoms with Crippen molar-refractivity contribution in [2.75, 3.05) is 38.6 Å². The number of esters is 1. The third kappa shape index (κ3) is 6.59. The van der Waals surface area contributed by atoms with Crippen molar-refractivity contribution < 1.29 is 23.5 Å². The van der Waals surface area contributed by atoms with E-state index in [0.29, 0.717) is 30.1 Å². The van der Waals surface area contributed by atoms with Gasteiger partial charge in [-0.1, -0.05) is 42.5 Å². The average molecular weight is 547 g/mol. The Balaban J connectivity index is 1.35. The number of carbonyl (C=O) groups excluding carboxylic acids is 2. The summed E-state index contributed by atoms with van der Waals surface area (Å²) in [5.74, 6) is -0.400. The second-order valence-corrected chi connectivity index (χ2v) is 10.9. The van der Waals surface area contributed by atoms with Crippen molar-refractivity contribution in [1.82, 2.24) is 15.2 Å². The fourth-order valence-corrected chi connectivity index (χ4v) is 5.02. The maximum atomic E-state index is 13.5. The minimum atomic E-state index is -1.14. The summed E-state index contributed by atoms with van der Waals surface area (Å²) in [5.41, 5.74) is 1.96. The lowest BCUT2D eigenvalue weighted by molar-refractivity contribution is -0.151. The Bertz CT molecular complexity index is 1340. The summed E-state index contributed by atoms with van der Waals surface area (Å²) in [4.78, 5) is 33.3. The van der Waals surface area contributed by atoms with E-state index in [1.807, 2.05) is 30.3 Å². The molecule has 1 saturated heterocycles. The highest BCUT2D eigenvalue weighted by atomic mass is 19.1. The minimum absolute atomic E-state index is 0.00537. The smallest absolute Gasteiger partial charge is 0.335 e. The first-order valence-electron chi connectivity index (χ1n) is 13.7. The topological polar surface area (TPSA) is 92.8 Å². The quantitative estimate of drug-likeness (QED) is 0.410. The fraction of sp³-hybridized carbons (Fsp3) is 0.387. The molecule has 2 aliphatic heterocycles. The third-order valence-electron chi connectivity index (χ3n) is 7.55. The van der Waals surface area contributed by atoms with Gasteiger partial charge in [0.25, 0.3) is 5.91 Å². The van der Waals surface area contributed by atoms with Gasteiger partial charge in [-0.25, -0.2) is 14.2 Å². The molecule has 8 nitrogen and oxygen atoms in total. The van der Waals surface area contributed by atoms with Crippen molar-refractivity contribution in [2.45, 2.75) is 38.3 Å². The van der Waals surface area contributed by atoms with Crippen molar-refractivity contribution in [3.63, 3.8) is 0 Å². The highest BCUT2D eigenvalue weighted by Crippen LogP contribution is 2.34. The van der Waals surface area contributed by atoms with Crippen LogP contribution < -0.4 is 15.4 Å². The predicted octanol–water partition coefficient (Wildman–Crippen LogP) is 4.19. The van der Waals surface area contributed by atoms with Crippen molar-refractivity contribution >= 4 is 17.6 Å². The molecule has 1 aromatic heterocycles. The second kappa shape index (κ2) is 12.0. The Labute approximate surface area is 233 Å². The molecule has 1 atom stereocenters. The summed E-state index contributed by atoms with van der Waals surface area (Å²) in [6, 6.07) is 17.4. The van der Waals surface area contributed by atoms with Crippen molar-refractivity contribution in [1.29, 1.82) is 0 Å². The fourth-order valence-electron chi connectivity index (χ4n) is 5.02. The number of nitrogens with one attached hydrogen (secondary N) is 2. The van der Waals surface area contributed by atoms with Gasteiger partial charge in [0.05, 0.1) is 5.69 Å². The number of ether oxygens (including phenoxy) is 2. The molecule has 210 valence electrons. The van der Waals surface area contributed by atoms with E-state index in [1.165, 1.54) is 12.1 Å². The summed E-state index contributed by atoms with van der Waals surface area (Å²) >= 11 is 0. The minimum Gasteiger partial charge on any atom is -0.473 e. The molecule has 0 saturated carbocycles. The number of pyridine rings is 1. The van der Waals surface area contributed by atoms with Gasteiger partial charge in [-0.3, -0.25) is 4.79 Å². The van der Waals surface area contributed by atoms with Crippen LogP contribution in [0, 0.1) is 11.7 Å². The SMILES string of the molecule is CN1CCC(CNC(=O)c2nc3c(cc2Cc2ccc(F)cc2)N[C@](C)(C(=O)OCc2ccccc2)CO3)CC1. The molecule has 5 rings (SSSR count). The highest BCUT2D eigenvalue weighted by molar-refractivity contribution is 5.95. The molecule has 1 amide bonds. The molecule has 9 heteroatoms. The van der Waals surface area contributed by atoms with E-state index in [2.05, 4.69) is 27.6 Å². The first kappa shape index (κ1) is 27.6. The molecule has 0 aliphatic carbocycles. The number of amides is 1. The molecular weight excluding hydrogens is 511 g/mol. The molecule has 2 aromatic carbocycles. The zero-order valence-corrected chi connectivity index (χ0v) is 22.9. The third-order valence-corrected chi connectivity index (χ3v) is 7.55. The molecular formula is C31H35FN4O4. The molecule has 3 aromatic rings. The van der Waals surface area contributed by atoms with Crippen molar-refractivity contribution in [2.24, 2.45) is 5.92 Å². The number of benzene rings is 2. The van der Waals surface area contributed by atoms with Crippen LogP contribution in [0.2, 0.25) is 0 Å². The molecule has 3 heterocycles. The number of aromatic nitrogens is 1. The van der Waals surface area contributed by atoms with E-state index in [-0.39, 0.29) is 36.5 Å². The Morgan fingerprint density at radius 1 is 1.12 bits per heavy atom. The van der Waals surface area contributed by atoms with Gasteiger partial charge < -0.3 is 25.0 Å². The summed E-state index contributed by atoms with van der Waals surface area (Å²) in [6.07, 6.45) is 2.42. The van der Waals surface area contributed by atoms with Gasteiger partial charge in [0.15, 0.2) is 5.54 Å². The number of hydrogen-bond acceptors (Lipinski definition) is 7. The maximum absolute atomic E-state index is 13.5. The van der Waals surface area contributed by atoms with Crippen LogP contribution in [0.5, 0.6) is 5.88 Å². The number of carbonyl (C=O) groups is 2. The Hall–Kier alpha value is -3.98. The van der Waals surface area contributed by atoms with Crippen LogP contribution in [0.4, 0.5) is 10.1 Å². The van der Waals surface area contributed by atoms with Gasteiger partial charge in [0.2, 0.25) is 5.88 Å². The van der Waals surface area contributed by atoms with Gasteiger partial charge in [0.1, 0.15) is 24.7 Å². The van der Waals surface area contributed by atoms with Crippen LogP contribution in [0.25, 0.3) is 0 Å². The average Bonchev–Trinajstić information content (AvgIpc) is 2.96. The number of fused-ring (bicyclic) bond motifs is 1. The summed E-state index contributed by atoms with van der Waals surface area (Å²) in [7, 11) is 2.11. The van der Waals surface area contributed by atoms with Crippen LogP contribution in [0.15, 0.2) is 60.7 Å². The summed E-state index contributed by atoms with van der Waals surface area (Å²) < 4.78 is 25.0. The first-order chi connectivity index (χ1) is 19.3. The van der Waals surface area contributed by atoms with Crippen molar-refractivity contribution in [3.8, 4) is 5.88 Å². The molecule has 40 heavy (non-hydrogen) atoms. The number of halogens is 1. The van der Waals surface area contributed by atoms with E-state index in [9.17, 15) is 14.0 Å². The number of piperidine rings is 1. The van der Waals surface area contributed by atoms with Crippen LogP contribution in [0.3, 0.4) is 0 Å². The van der Waals surface area contributed by atoms with Crippen LogP contribution in [0.1, 0.15) is 46.9 Å². The van der Waals surface area contributed by atoms with Gasteiger partial charge in [-0.2, -0.15) is 0 Å². The van der Waals surface area contributed by atoms with Gasteiger partial charge in [0, 0.05) is 6.54 Å². The Kier molecular flexibility index (Phi) is 8.30. The van der Waals surface area contributed by atoms with Crippen LogP contribution in [-0.2, 0) is 22.6 Å². The lowest BCUT2D eigenvalue weighted by atomic mass is 9.96. The number of rotatable bonds is 8. The normalized spacial score (nSPS) is 19.2. The van der Waals surface area contributed by atoms with E-state index >= 15 is 0 Å². The molecule has 0 unspecified atom stereocenters. The zero-order valence-electron chi connectivity index (χ0n) is 22.9. The lowest BCUT2D eigenvalue weighted by Gasteiger charge is -2.34.